The Hall–Kier alpha value is -1.22. The molecule has 0 aliphatic carbocycles. The van der Waals surface area contributed by atoms with Crippen LogP contribution in [0.2, 0.25) is 15.1 Å². The van der Waals surface area contributed by atoms with Crippen LogP contribution in [-0.4, -0.2) is 11.1 Å². The van der Waals surface area contributed by atoms with Crippen molar-refractivity contribution in [3.8, 4) is 0 Å². The minimum absolute atomic E-state index is 0.274. The van der Waals surface area contributed by atoms with Gasteiger partial charge in [0.25, 0.3) is 0 Å². The van der Waals surface area contributed by atoms with Crippen LogP contribution in [0.3, 0.4) is 0 Å². The topological polar surface area (TPSA) is 37.3 Å². The van der Waals surface area contributed by atoms with E-state index in [1.54, 1.807) is 30.3 Å². The van der Waals surface area contributed by atoms with Gasteiger partial charge in [0, 0.05) is 15.1 Å². The molecule has 0 spiro atoms. The van der Waals surface area contributed by atoms with Crippen LogP contribution in [0.1, 0.15) is 17.0 Å². The number of benzene rings is 2. The smallest absolute Gasteiger partial charge is 0.311 e. The lowest BCUT2D eigenvalue weighted by molar-refractivity contribution is -0.138. The van der Waals surface area contributed by atoms with Crippen LogP contribution in [0.15, 0.2) is 42.5 Å². The SMILES string of the molecule is O=C(O)C(Cc1ccccc1Cl)c1ccc(Cl)cc1Cl. The summed E-state index contributed by atoms with van der Waals surface area (Å²) in [5, 5.41) is 10.8. The summed E-state index contributed by atoms with van der Waals surface area (Å²) in [6.07, 6.45) is 0.274. The highest BCUT2D eigenvalue weighted by atomic mass is 35.5. The van der Waals surface area contributed by atoms with E-state index >= 15 is 0 Å². The van der Waals surface area contributed by atoms with Crippen LogP contribution in [0.25, 0.3) is 0 Å². The molecule has 1 atom stereocenters. The molecule has 1 unspecified atom stereocenters. The molecule has 2 rings (SSSR count). The Morgan fingerprint density at radius 1 is 1.05 bits per heavy atom. The van der Waals surface area contributed by atoms with Crippen molar-refractivity contribution in [2.75, 3.05) is 0 Å². The number of aliphatic carboxylic acids is 1. The van der Waals surface area contributed by atoms with Gasteiger partial charge in [-0.1, -0.05) is 59.1 Å². The largest absolute Gasteiger partial charge is 0.481 e. The predicted molar refractivity (Wildman–Crippen MR) is 82.0 cm³/mol. The second-order valence-electron chi connectivity index (χ2n) is 4.35. The van der Waals surface area contributed by atoms with E-state index in [1.807, 2.05) is 12.1 Å². The Kier molecular flexibility index (Phi) is 4.92. The maximum atomic E-state index is 11.5. The molecule has 2 aromatic rings. The van der Waals surface area contributed by atoms with Crippen molar-refractivity contribution >= 4 is 40.8 Å². The molecule has 5 heteroatoms. The van der Waals surface area contributed by atoms with Gasteiger partial charge < -0.3 is 5.11 Å². The van der Waals surface area contributed by atoms with Gasteiger partial charge in [-0.15, -0.1) is 0 Å². The summed E-state index contributed by atoms with van der Waals surface area (Å²) < 4.78 is 0. The van der Waals surface area contributed by atoms with Crippen LogP contribution in [0.4, 0.5) is 0 Å². The van der Waals surface area contributed by atoms with Crippen LogP contribution >= 0.6 is 34.8 Å². The zero-order valence-corrected chi connectivity index (χ0v) is 12.6. The monoisotopic (exact) mass is 328 g/mol. The number of hydrogen-bond donors (Lipinski definition) is 1. The van der Waals surface area contributed by atoms with Crippen molar-refractivity contribution in [3.05, 3.63) is 68.7 Å². The van der Waals surface area contributed by atoms with Gasteiger partial charge in [0.15, 0.2) is 0 Å². The lowest BCUT2D eigenvalue weighted by atomic mass is 9.92. The highest BCUT2D eigenvalue weighted by Crippen LogP contribution is 2.31. The van der Waals surface area contributed by atoms with Gasteiger partial charge >= 0.3 is 5.97 Å². The van der Waals surface area contributed by atoms with Crippen LogP contribution < -0.4 is 0 Å². The summed E-state index contributed by atoms with van der Waals surface area (Å²) in [5.74, 6) is -1.71. The molecule has 0 amide bonds. The van der Waals surface area contributed by atoms with Gasteiger partial charge in [0.2, 0.25) is 0 Å². The molecule has 0 bridgehead atoms. The van der Waals surface area contributed by atoms with Crippen LogP contribution in [0.5, 0.6) is 0 Å². The second kappa shape index (κ2) is 6.49. The molecular formula is C15H11Cl3O2. The van der Waals surface area contributed by atoms with Crippen LogP contribution in [0, 0.1) is 0 Å². The third-order valence-electron chi connectivity index (χ3n) is 3.02. The zero-order valence-electron chi connectivity index (χ0n) is 10.3. The minimum Gasteiger partial charge on any atom is -0.481 e. The quantitative estimate of drug-likeness (QED) is 0.851. The van der Waals surface area contributed by atoms with Gasteiger partial charge in [-0.3, -0.25) is 4.79 Å². The maximum Gasteiger partial charge on any atom is 0.311 e. The van der Waals surface area contributed by atoms with E-state index < -0.39 is 11.9 Å². The maximum absolute atomic E-state index is 11.5. The summed E-state index contributed by atoms with van der Waals surface area (Å²) >= 11 is 18.0. The average molecular weight is 330 g/mol. The van der Waals surface area contributed by atoms with Crippen molar-refractivity contribution in [3.63, 3.8) is 0 Å². The second-order valence-corrected chi connectivity index (χ2v) is 5.60. The Morgan fingerprint density at radius 3 is 2.35 bits per heavy atom. The Bertz CT molecular complexity index is 641. The van der Waals surface area contributed by atoms with E-state index in [9.17, 15) is 9.90 Å². The summed E-state index contributed by atoms with van der Waals surface area (Å²) in [4.78, 5) is 11.5. The molecule has 0 aromatic heterocycles. The molecule has 0 saturated carbocycles. The molecule has 2 aromatic carbocycles. The predicted octanol–water partition coefficient (Wildman–Crippen LogP) is 5.06. The number of halogens is 3. The summed E-state index contributed by atoms with van der Waals surface area (Å²) in [6, 6.07) is 12.0. The number of carboxylic acids is 1. The fraction of sp³-hybridized carbons (Fsp3) is 0.133. The average Bonchev–Trinajstić information content (AvgIpc) is 2.38. The van der Waals surface area contributed by atoms with Crippen molar-refractivity contribution in [1.82, 2.24) is 0 Å². The highest BCUT2D eigenvalue weighted by molar-refractivity contribution is 6.35. The number of carbonyl (C=O) groups is 1. The fourth-order valence-electron chi connectivity index (χ4n) is 2.00. The molecule has 0 saturated heterocycles. The van der Waals surface area contributed by atoms with Gasteiger partial charge in [-0.25, -0.2) is 0 Å². The first-order valence-electron chi connectivity index (χ1n) is 5.90. The molecule has 20 heavy (non-hydrogen) atoms. The lowest BCUT2D eigenvalue weighted by Gasteiger charge is -2.15. The van der Waals surface area contributed by atoms with Gasteiger partial charge in [0.05, 0.1) is 5.92 Å². The summed E-state index contributed by atoms with van der Waals surface area (Å²) in [5.41, 5.74) is 1.30. The minimum atomic E-state index is -0.950. The Balaban J connectivity index is 2.37. The first-order valence-corrected chi connectivity index (χ1v) is 7.03. The third kappa shape index (κ3) is 3.45. The first-order chi connectivity index (χ1) is 9.49. The van der Waals surface area contributed by atoms with Crippen molar-refractivity contribution < 1.29 is 9.90 Å². The van der Waals surface area contributed by atoms with E-state index in [1.165, 1.54) is 0 Å². The molecule has 0 aliphatic rings. The van der Waals surface area contributed by atoms with Gasteiger partial charge in [0.1, 0.15) is 0 Å². The molecule has 0 heterocycles. The molecular weight excluding hydrogens is 319 g/mol. The highest BCUT2D eigenvalue weighted by Gasteiger charge is 2.23. The zero-order chi connectivity index (χ0) is 14.7. The van der Waals surface area contributed by atoms with Gasteiger partial charge in [-0.05, 0) is 35.7 Å². The van der Waals surface area contributed by atoms with E-state index in [-0.39, 0.29) is 6.42 Å². The Labute approximate surface area is 131 Å². The third-order valence-corrected chi connectivity index (χ3v) is 3.95. The molecule has 0 fully saturated rings. The van der Waals surface area contributed by atoms with Crippen LogP contribution in [-0.2, 0) is 11.2 Å². The number of rotatable bonds is 4. The van der Waals surface area contributed by atoms with E-state index in [0.29, 0.717) is 20.6 Å². The van der Waals surface area contributed by atoms with Crippen molar-refractivity contribution in [2.24, 2.45) is 0 Å². The molecule has 2 nitrogen and oxygen atoms in total. The first kappa shape index (κ1) is 15.2. The number of hydrogen-bond acceptors (Lipinski definition) is 1. The normalized spacial score (nSPS) is 12.2. The Morgan fingerprint density at radius 2 is 1.75 bits per heavy atom. The van der Waals surface area contributed by atoms with Gasteiger partial charge in [-0.2, -0.15) is 0 Å². The lowest BCUT2D eigenvalue weighted by Crippen LogP contribution is -2.15. The van der Waals surface area contributed by atoms with Crippen molar-refractivity contribution in [1.29, 1.82) is 0 Å². The van der Waals surface area contributed by atoms with E-state index in [0.717, 1.165) is 5.56 Å². The standard InChI is InChI=1S/C15H11Cl3O2/c16-10-5-6-11(14(18)8-10)12(15(19)20)7-9-3-1-2-4-13(9)17/h1-6,8,12H,7H2,(H,19,20). The molecule has 104 valence electrons. The summed E-state index contributed by atoms with van der Waals surface area (Å²) in [6.45, 7) is 0. The van der Waals surface area contributed by atoms with E-state index in [2.05, 4.69) is 0 Å². The van der Waals surface area contributed by atoms with Crippen molar-refractivity contribution in [2.45, 2.75) is 12.3 Å². The van der Waals surface area contributed by atoms with E-state index in [4.69, 9.17) is 34.8 Å². The molecule has 0 radical (unpaired) electrons. The molecule has 0 aliphatic heterocycles. The fourth-order valence-corrected chi connectivity index (χ4v) is 2.75. The molecule has 1 N–H and O–H groups in total. The number of carboxylic acid groups (broad SMARTS) is 1. The summed E-state index contributed by atoms with van der Waals surface area (Å²) in [7, 11) is 0.